The zero-order valence-electron chi connectivity index (χ0n) is 22.2. The Bertz CT molecular complexity index is 1430. The number of phenolic OH excluding ortho intramolecular Hbond substituents is 1. The van der Waals surface area contributed by atoms with Gasteiger partial charge in [0.1, 0.15) is 23.6 Å². The van der Waals surface area contributed by atoms with Gasteiger partial charge in [0.15, 0.2) is 28.7 Å². The average molecular weight is 547 g/mol. The molecular weight excluding hydrogens is 516 g/mol. The standard InChI is InChI=1S/C31H30O9/c1-3-22(35)40-28-19-14-21(34)23(15(2)32)29(37)31(19,39)30(38)26-25(28)18(13-12-16-8-5-4-6-9-16)17-10-7-11-20(33)24(17)27(26)36/h4-11,18-19,23,25-26,28,33,39H,3,12-14H2,1-2H3/t18-,19+,23?,25+,26?,28+,31+/m0/s1. The molecule has 0 saturated heterocycles. The van der Waals surface area contributed by atoms with Crippen molar-refractivity contribution >= 4 is 34.9 Å². The van der Waals surface area contributed by atoms with Crippen LogP contribution < -0.4 is 0 Å². The highest BCUT2D eigenvalue weighted by molar-refractivity contribution is 6.31. The van der Waals surface area contributed by atoms with Crippen LogP contribution in [0.5, 0.6) is 5.75 Å². The average Bonchev–Trinajstić information content (AvgIpc) is 2.92. The Balaban J connectivity index is 1.70. The van der Waals surface area contributed by atoms with Crippen molar-refractivity contribution in [2.24, 2.45) is 23.7 Å². The molecule has 0 aliphatic heterocycles. The molecule has 2 aromatic carbocycles. The van der Waals surface area contributed by atoms with E-state index in [-0.39, 0.29) is 17.7 Å². The van der Waals surface area contributed by atoms with Crippen LogP contribution in [0.3, 0.4) is 0 Å². The molecule has 2 fully saturated rings. The first-order valence-corrected chi connectivity index (χ1v) is 13.5. The van der Waals surface area contributed by atoms with Crippen LogP contribution in [0.15, 0.2) is 48.5 Å². The van der Waals surface area contributed by atoms with Gasteiger partial charge in [0.2, 0.25) is 0 Å². The van der Waals surface area contributed by atoms with Crippen LogP contribution in [0.4, 0.5) is 0 Å². The maximum Gasteiger partial charge on any atom is 0.305 e. The molecule has 0 bridgehead atoms. The van der Waals surface area contributed by atoms with E-state index in [4.69, 9.17) is 4.74 Å². The quantitative estimate of drug-likeness (QED) is 0.411. The normalized spacial score (nSPS) is 31.2. The number of rotatable bonds is 6. The number of phenols is 1. The van der Waals surface area contributed by atoms with Crippen LogP contribution >= 0.6 is 0 Å². The van der Waals surface area contributed by atoms with Gasteiger partial charge in [0, 0.05) is 24.7 Å². The second kappa shape index (κ2) is 10.2. The first-order chi connectivity index (χ1) is 19.0. The van der Waals surface area contributed by atoms with Gasteiger partial charge in [-0.05, 0) is 42.9 Å². The van der Waals surface area contributed by atoms with Crippen LogP contribution in [-0.4, -0.2) is 56.8 Å². The topological polar surface area (TPSA) is 152 Å². The minimum absolute atomic E-state index is 0.0645. The van der Waals surface area contributed by atoms with Gasteiger partial charge in [-0.2, -0.15) is 0 Å². The van der Waals surface area contributed by atoms with Crippen molar-refractivity contribution in [3.05, 3.63) is 65.2 Å². The number of carbonyl (C=O) groups is 6. The van der Waals surface area contributed by atoms with E-state index < -0.39 is 82.6 Å². The predicted octanol–water partition coefficient (Wildman–Crippen LogP) is 2.54. The Kier molecular flexibility index (Phi) is 7.04. The highest BCUT2D eigenvalue weighted by atomic mass is 16.5. The monoisotopic (exact) mass is 546 g/mol. The second-order valence-corrected chi connectivity index (χ2v) is 10.9. The molecule has 0 radical (unpaired) electrons. The summed E-state index contributed by atoms with van der Waals surface area (Å²) in [5.74, 6) is -12.4. The zero-order valence-corrected chi connectivity index (χ0v) is 22.2. The molecule has 9 nitrogen and oxygen atoms in total. The summed E-state index contributed by atoms with van der Waals surface area (Å²) in [6.07, 6.45) is -1.06. The van der Waals surface area contributed by atoms with Crippen LogP contribution in [0, 0.1) is 23.7 Å². The van der Waals surface area contributed by atoms with Crippen molar-refractivity contribution in [1.29, 1.82) is 0 Å². The molecule has 3 aliphatic carbocycles. The summed E-state index contributed by atoms with van der Waals surface area (Å²) in [5.41, 5.74) is -1.52. The number of ketones is 5. The molecule has 5 rings (SSSR count). The summed E-state index contributed by atoms with van der Waals surface area (Å²) in [6.45, 7) is 2.57. The van der Waals surface area contributed by atoms with E-state index in [9.17, 15) is 39.0 Å². The molecule has 208 valence electrons. The van der Waals surface area contributed by atoms with E-state index >= 15 is 0 Å². The predicted molar refractivity (Wildman–Crippen MR) is 139 cm³/mol. The van der Waals surface area contributed by atoms with Gasteiger partial charge in [-0.25, -0.2) is 0 Å². The number of esters is 1. The SMILES string of the molecule is CCC(=O)O[C@H]1[C@H]2C(C(=O)c3c(O)cccc3[C@@H]2CCc2ccccc2)C(=O)[C@]2(O)C(=O)C(C(C)=O)C(=O)C[C@H]12. The number of aliphatic hydroxyl groups is 1. The third-order valence-corrected chi connectivity index (χ3v) is 8.75. The van der Waals surface area contributed by atoms with Crippen LogP contribution in [0.1, 0.15) is 60.5 Å². The van der Waals surface area contributed by atoms with Gasteiger partial charge < -0.3 is 14.9 Å². The molecule has 0 spiro atoms. The Hall–Kier alpha value is -3.98. The fourth-order valence-electron chi connectivity index (χ4n) is 6.93. The number of hydrogen-bond acceptors (Lipinski definition) is 9. The molecule has 9 heteroatoms. The smallest absolute Gasteiger partial charge is 0.305 e. The van der Waals surface area contributed by atoms with Gasteiger partial charge in [-0.1, -0.05) is 49.4 Å². The molecule has 0 amide bonds. The third kappa shape index (κ3) is 4.11. The highest BCUT2D eigenvalue weighted by Crippen LogP contribution is 2.56. The van der Waals surface area contributed by atoms with Crippen LogP contribution in [0.25, 0.3) is 0 Å². The lowest BCUT2D eigenvalue weighted by atomic mass is 9.50. The molecule has 2 saturated carbocycles. The Morgan fingerprint density at radius 1 is 1.00 bits per heavy atom. The van der Waals surface area contributed by atoms with Crippen LogP contribution in [-0.2, 0) is 35.1 Å². The Morgan fingerprint density at radius 2 is 1.70 bits per heavy atom. The van der Waals surface area contributed by atoms with Gasteiger partial charge in [-0.3, -0.25) is 28.8 Å². The van der Waals surface area contributed by atoms with Crippen LogP contribution in [0.2, 0.25) is 0 Å². The lowest BCUT2D eigenvalue weighted by Gasteiger charge is -2.54. The van der Waals surface area contributed by atoms with Gasteiger partial charge in [0.05, 0.1) is 11.5 Å². The Labute approximate surface area is 230 Å². The summed E-state index contributed by atoms with van der Waals surface area (Å²) in [4.78, 5) is 79.5. The molecule has 2 aromatic rings. The van der Waals surface area contributed by atoms with Crippen molar-refractivity contribution in [3.8, 4) is 5.75 Å². The van der Waals surface area contributed by atoms with Crippen molar-refractivity contribution in [2.75, 3.05) is 0 Å². The Morgan fingerprint density at radius 3 is 2.35 bits per heavy atom. The van der Waals surface area contributed by atoms with Gasteiger partial charge >= 0.3 is 5.97 Å². The number of benzene rings is 2. The van der Waals surface area contributed by atoms with Gasteiger partial charge in [-0.15, -0.1) is 0 Å². The van der Waals surface area contributed by atoms with E-state index in [1.165, 1.54) is 6.07 Å². The molecule has 2 unspecified atom stereocenters. The number of hydrogen-bond donors (Lipinski definition) is 2. The number of Topliss-reactive ketones (excluding diaryl/α,β-unsaturated/α-hetero) is 5. The molecule has 7 atom stereocenters. The molecule has 40 heavy (non-hydrogen) atoms. The first-order valence-electron chi connectivity index (χ1n) is 13.5. The molecule has 0 heterocycles. The van der Waals surface area contributed by atoms with Crippen molar-refractivity contribution in [1.82, 2.24) is 0 Å². The van der Waals surface area contributed by atoms with E-state index in [1.807, 2.05) is 30.3 Å². The maximum atomic E-state index is 14.1. The minimum Gasteiger partial charge on any atom is -0.507 e. The third-order valence-electron chi connectivity index (χ3n) is 8.75. The number of fused-ring (bicyclic) bond motifs is 3. The highest BCUT2D eigenvalue weighted by Gasteiger charge is 2.71. The summed E-state index contributed by atoms with van der Waals surface area (Å²) in [5, 5.41) is 22.5. The van der Waals surface area contributed by atoms with E-state index in [0.717, 1.165) is 12.5 Å². The number of aryl methyl sites for hydroxylation is 1. The van der Waals surface area contributed by atoms with Crippen molar-refractivity contribution < 1.29 is 43.7 Å². The fourth-order valence-corrected chi connectivity index (χ4v) is 6.93. The fraction of sp³-hybridized carbons (Fsp3) is 0.419. The largest absolute Gasteiger partial charge is 0.507 e. The number of carbonyl (C=O) groups excluding carboxylic acids is 6. The molecule has 0 aromatic heterocycles. The second-order valence-electron chi connectivity index (χ2n) is 10.9. The summed E-state index contributed by atoms with van der Waals surface area (Å²) < 4.78 is 5.81. The van der Waals surface area contributed by atoms with Gasteiger partial charge in [0.25, 0.3) is 0 Å². The lowest BCUT2D eigenvalue weighted by molar-refractivity contribution is -0.198. The number of aromatic hydroxyl groups is 1. The number of ether oxygens (including phenoxy) is 1. The summed E-state index contributed by atoms with van der Waals surface area (Å²) in [6, 6.07) is 14.1. The lowest BCUT2D eigenvalue weighted by Crippen LogP contribution is -2.72. The maximum absolute atomic E-state index is 14.1. The van der Waals surface area contributed by atoms with E-state index in [0.29, 0.717) is 18.4 Å². The van der Waals surface area contributed by atoms with Crippen molar-refractivity contribution in [3.63, 3.8) is 0 Å². The molecule has 3 aliphatic rings. The first kappa shape index (κ1) is 27.6. The van der Waals surface area contributed by atoms with E-state index in [2.05, 4.69) is 0 Å². The van der Waals surface area contributed by atoms with E-state index in [1.54, 1.807) is 19.1 Å². The molecular formula is C31H30O9. The zero-order chi connectivity index (χ0) is 28.9. The summed E-state index contributed by atoms with van der Waals surface area (Å²) in [7, 11) is 0. The minimum atomic E-state index is -2.88. The van der Waals surface area contributed by atoms with Crippen molar-refractivity contribution in [2.45, 2.75) is 57.2 Å². The summed E-state index contributed by atoms with van der Waals surface area (Å²) >= 11 is 0. The molecule has 2 N–H and O–H groups in total.